The van der Waals surface area contributed by atoms with Gasteiger partial charge in [0.1, 0.15) is 11.9 Å². The molecule has 0 aliphatic carbocycles. The number of ether oxygens (including phenoxy) is 1. The van der Waals surface area contributed by atoms with Crippen molar-refractivity contribution in [3.63, 3.8) is 0 Å². The van der Waals surface area contributed by atoms with Crippen molar-refractivity contribution in [3.05, 3.63) is 0 Å². The Kier molecular flexibility index (Phi) is 3.56. The average molecular weight is 226 g/mol. The molecule has 0 bridgehead atoms. The highest BCUT2D eigenvalue weighted by atomic mass is 16.5. The van der Waals surface area contributed by atoms with E-state index in [0.717, 1.165) is 12.8 Å². The van der Waals surface area contributed by atoms with Gasteiger partial charge in [-0.25, -0.2) is 0 Å². The highest BCUT2D eigenvalue weighted by molar-refractivity contribution is 5.85. The van der Waals surface area contributed by atoms with Gasteiger partial charge in [-0.3, -0.25) is 9.59 Å². The predicted octanol–water partition coefficient (Wildman–Crippen LogP) is -0.316. The Morgan fingerprint density at radius 1 is 1.38 bits per heavy atom. The van der Waals surface area contributed by atoms with Crippen LogP contribution in [0.15, 0.2) is 0 Å². The fourth-order valence-electron chi connectivity index (χ4n) is 2.24. The van der Waals surface area contributed by atoms with Crippen molar-refractivity contribution in [1.29, 1.82) is 0 Å². The van der Waals surface area contributed by atoms with Crippen LogP contribution in [0.4, 0.5) is 0 Å². The molecule has 90 valence electrons. The number of piperidine rings is 1. The van der Waals surface area contributed by atoms with Gasteiger partial charge in [-0.1, -0.05) is 0 Å². The Bertz CT molecular complexity index is 283. The monoisotopic (exact) mass is 226 g/mol. The maximum absolute atomic E-state index is 12.0. The van der Waals surface area contributed by atoms with E-state index in [0.29, 0.717) is 32.5 Å². The first-order chi connectivity index (χ1) is 7.70. The number of carbonyl (C=O) groups excluding carboxylic acids is 2. The third-order valence-corrected chi connectivity index (χ3v) is 3.28. The first kappa shape index (κ1) is 11.5. The predicted molar refractivity (Wildman–Crippen MR) is 57.8 cm³/mol. The molecular weight excluding hydrogens is 208 g/mol. The Balaban J connectivity index is 1.86. The average Bonchev–Trinajstić information content (AvgIpc) is 2.77. The van der Waals surface area contributed by atoms with E-state index in [1.165, 1.54) is 0 Å². The summed E-state index contributed by atoms with van der Waals surface area (Å²) in [5.41, 5.74) is 5.50. The number of likely N-dealkylation sites (tertiary alicyclic amines) is 1. The lowest BCUT2D eigenvalue weighted by atomic mass is 10.1. The molecule has 0 spiro atoms. The van der Waals surface area contributed by atoms with Crippen molar-refractivity contribution in [3.8, 4) is 0 Å². The van der Waals surface area contributed by atoms with Crippen LogP contribution in [0.5, 0.6) is 0 Å². The summed E-state index contributed by atoms with van der Waals surface area (Å²) in [6, 6.07) is 0. The molecule has 0 aromatic heterocycles. The van der Waals surface area contributed by atoms with Crippen LogP contribution in [0, 0.1) is 0 Å². The lowest BCUT2D eigenvalue weighted by Crippen LogP contribution is -2.44. The van der Waals surface area contributed by atoms with Crippen molar-refractivity contribution in [2.45, 2.75) is 37.9 Å². The highest BCUT2D eigenvalue weighted by Crippen LogP contribution is 2.21. The van der Waals surface area contributed by atoms with E-state index in [9.17, 15) is 9.59 Å². The minimum absolute atomic E-state index is 0.0281. The van der Waals surface area contributed by atoms with E-state index in [4.69, 9.17) is 10.5 Å². The number of hydrogen-bond donors (Lipinski definition) is 1. The largest absolute Gasteiger partial charge is 0.364 e. The molecule has 2 saturated heterocycles. The summed E-state index contributed by atoms with van der Waals surface area (Å²) in [5.74, 6) is 0.277. The zero-order chi connectivity index (χ0) is 11.5. The third kappa shape index (κ3) is 2.41. The second-order valence-electron chi connectivity index (χ2n) is 4.42. The van der Waals surface area contributed by atoms with Crippen LogP contribution in [0.3, 0.4) is 0 Å². The van der Waals surface area contributed by atoms with Crippen molar-refractivity contribution in [1.82, 2.24) is 4.90 Å². The van der Waals surface area contributed by atoms with Crippen LogP contribution in [0.2, 0.25) is 0 Å². The van der Waals surface area contributed by atoms with Gasteiger partial charge in [-0.05, 0) is 12.8 Å². The number of nitrogens with zero attached hydrogens (tertiary/aromatic N) is 1. The van der Waals surface area contributed by atoms with Crippen molar-refractivity contribution in [2.24, 2.45) is 5.73 Å². The summed E-state index contributed by atoms with van der Waals surface area (Å²) in [7, 11) is 0. The highest BCUT2D eigenvalue weighted by Gasteiger charge is 2.33. The maximum Gasteiger partial charge on any atom is 0.251 e. The minimum Gasteiger partial charge on any atom is -0.364 e. The van der Waals surface area contributed by atoms with Gasteiger partial charge < -0.3 is 15.4 Å². The molecular formula is C11H18N2O3. The van der Waals surface area contributed by atoms with E-state index in [1.54, 1.807) is 4.90 Å². The molecule has 2 fully saturated rings. The molecule has 0 saturated carbocycles. The number of hydrogen-bond acceptors (Lipinski definition) is 4. The van der Waals surface area contributed by atoms with Gasteiger partial charge in [0.25, 0.3) is 5.91 Å². The van der Waals surface area contributed by atoms with Crippen molar-refractivity contribution < 1.29 is 14.3 Å². The zero-order valence-electron chi connectivity index (χ0n) is 9.35. The zero-order valence-corrected chi connectivity index (χ0v) is 9.35. The molecule has 5 heteroatoms. The molecule has 0 radical (unpaired) electrons. The molecule has 2 atom stereocenters. The second-order valence-corrected chi connectivity index (χ2v) is 4.42. The van der Waals surface area contributed by atoms with E-state index < -0.39 is 0 Å². The number of rotatable bonds is 2. The first-order valence-corrected chi connectivity index (χ1v) is 5.86. The summed E-state index contributed by atoms with van der Waals surface area (Å²) >= 11 is 0. The molecule has 2 aliphatic rings. The molecule has 0 aromatic carbocycles. The van der Waals surface area contributed by atoms with Crippen LogP contribution in [0.1, 0.15) is 25.7 Å². The minimum atomic E-state index is -0.332. The van der Waals surface area contributed by atoms with Crippen molar-refractivity contribution >= 4 is 11.7 Å². The van der Waals surface area contributed by atoms with Gasteiger partial charge in [-0.15, -0.1) is 0 Å². The molecule has 5 nitrogen and oxygen atoms in total. The first-order valence-electron chi connectivity index (χ1n) is 5.86. The topological polar surface area (TPSA) is 72.6 Å². The molecule has 2 heterocycles. The van der Waals surface area contributed by atoms with Crippen molar-refractivity contribution in [2.75, 3.05) is 19.6 Å². The normalized spacial score (nSPS) is 30.8. The summed E-state index contributed by atoms with van der Waals surface area (Å²) < 4.78 is 5.55. The smallest absolute Gasteiger partial charge is 0.251 e. The van der Waals surface area contributed by atoms with E-state index in [-0.39, 0.29) is 23.9 Å². The van der Waals surface area contributed by atoms with Gasteiger partial charge in [0, 0.05) is 32.5 Å². The Labute approximate surface area is 94.9 Å². The molecule has 2 N–H and O–H groups in total. The molecule has 0 aromatic rings. The standard InChI is InChI=1S/C11H18N2O3/c12-7-9-1-2-10(16-9)11(15)13-5-3-8(14)4-6-13/h9-10H,1-7,12H2/t9-,10-/m0/s1. The molecule has 2 aliphatic heterocycles. The van der Waals surface area contributed by atoms with E-state index in [1.807, 2.05) is 0 Å². The van der Waals surface area contributed by atoms with E-state index in [2.05, 4.69) is 0 Å². The molecule has 1 amide bonds. The molecule has 2 rings (SSSR count). The summed E-state index contributed by atoms with van der Waals surface area (Å²) in [6.45, 7) is 1.57. The number of Topliss-reactive ketones (excluding diaryl/α,β-unsaturated/α-hetero) is 1. The number of ketones is 1. The summed E-state index contributed by atoms with van der Waals surface area (Å²) in [6.07, 6.45) is 2.28. The van der Waals surface area contributed by atoms with Gasteiger partial charge in [-0.2, -0.15) is 0 Å². The fourth-order valence-corrected chi connectivity index (χ4v) is 2.24. The Morgan fingerprint density at radius 2 is 2.06 bits per heavy atom. The van der Waals surface area contributed by atoms with E-state index >= 15 is 0 Å². The van der Waals surface area contributed by atoms with Crippen LogP contribution >= 0.6 is 0 Å². The Hall–Kier alpha value is -0.940. The van der Waals surface area contributed by atoms with Gasteiger partial charge >= 0.3 is 0 Å². The summed E-state index contributed by atoms with van der Waals surface area (Å²) in [4.78, 5) is 24.8. The SMILES string of the molecule is NC[C@@H]1CC[C@@H](C(=O)N2CCC(=O)CC2)O1. The number of carbonyl (C=O) groups is 2. The van der Waals surface area contributed by atoms with Crippen LogP contribution in [-0.2, 0) is 14.3 Å². The van der Waals surface area contributed by atoms with Gasteiger partial charge in [0.05, 0.1) is 6.10 Å². The third-order valence-electron chi connectivity index (χ3n) is 3.28. The fraction of sp³-hybridized carbons (Fsp3) is 0.818. The van der Waals surface area contributed by atoms with Gasteiger partial charge in [0.15, 0.2) is 0 Å². The van der Waals surface area contributed by atoms with Crippen LogP contribution in [-0.4, -0.2) is 48.4 Å². The maximum atomic E-state index is 12.0. The molecule has 0 unspecified atom stereocenters. The molecule has 16 heavy (non-hydrogen) atoms. The lowest BCUT2D eigenvalue weighted by Gasteiger charge is -2.28. The second kappa shape index (κ2) is 4.93. The lowest BCUT2D eigenvalue weighted by molar-refractivity contribution is -0.144. The number of nitrogens with two attached hydrogens (primary N) is 1. The number of amides is 1. The summed E-state index contributed by atoms with van der Waals surface area (Å²) in [5, 5.41) is 0. The Morgan fingerprint density at radius 3 is 2.62 bits per heavy atom. The van der Waals surface area contributed by atoms with Crippen LogP contribution < -0.4 is 5.73 Å². The quantitative estimate of drug-likeness (QED) is 0.700. The van der Waals surface area contributed by atoms with Gasteiger partial charge in [0.2, 0.25) is 0 Å². The van der Waals surface area contributed by atoms with Crippen LogP contribution in [0.25, 0.3) is 0 Å².